The highest BCUT2D eigenvalue weighted by Crippen LogP contribution is 2.45. The first-order chi connectivity index (χ1) is 17.3. The van der Waals surface area contributed by atoms with Crippen molar-refractivity contribution in [3.05, 3.63) is 77.7 Å². The molecule has 0 atom stereocenters. The monoisotopic (exact) mass is 527 g/mol. The van der Waals surface area contributed by atoms with Gasteiger partial charge in [-0.2, -0.15) is 0 Å². The van der Waals surface area contributed by atoms with Crippen LogP contribution in [0.15, 0.2) is 60.9 Å². The zero-order valence-corrected chi connectivity index (χ0v) is 19.7. The fourth-order valence-corrected chi connectivity index (χ4v) is 3.18. The maximum absolute atomic E-state index is 14.0. The Hall–Kier alpha value is -4.18. The van der Waals surface area contributed by atoms with Crippen molar-refractivity contribution >= 4 is 46.5 Å². The minimum Gasteiger partial charge on any atom is -0.452 e. The van der Waals surface area contributed by atoms with E-state index in [1.807, 2.05) is 6.92 Å². The predicted molar refractivity (Wildman–Crippen MR) is 138 cm³/mol. The average molecular weight is 528 g/mol. The Morgan fingerprint density at radius 3 is 2.41 bits per heavy atom. The summed E-state index contributed by atoms with van der Waals surface area (Å²) < 4.78 is 32.1. The van der Waals surface area contributed by atoms with E-state index in [1.54, 1.807) is 12.1 Å². The summed E-state index contributed by atoms with van der Waals surface area (Å²) in [5.74, 6) is -0.641. The second-order valence-electron chi connectivity index (χ2n) is 8.21. The first-order valence-corrected chi connectivity index (χ1v) is 11.2. The average Bonchev–Trinajstić information content (AvgIpc) is 3.62. The molecule has 1 fully saturated rings. The number of fused-ring (bicyclic) bond motifs is 1. The Kier molecular flexibility index (Phi) is 8.67. The topological polar surface area (TPSA) is 106 Å². The second kappa shape index (κ2) is 11.7. The van der Waals surface area contributed by atoms with Crippen LogP contribution < -0.4 is 15.4 Å². The van der Waals surface area contributed by atoms with Crippen molar-refractivity contribution in [3.63, 3.8) is 0 Å². The Labute approximate surface area is 217 Å². The Morgan fingerprint density at radius 1 is 1.05 bits per heavy atom. The number of hydrogen-bond acceptors (Lipinski definition) is 6. The van der Waals surface area contributed by atoms with Crippen molar-refractivity contribution in [1.29, 1.82) is 0 Å². The number of carbonyl (C=O) groups is 2. The third-order valence-electron chi connectivity index (χ3n) is 5.41. The lowest BCUT2D eigenvalue weighted by atomic mass is 10.1. The lowest BCUT2D eigenvalue weighted by Crippen LogP contribution is -2.21. The van der Waals surface area contributed by atoms with Crippen LogP contribution in [0.1, 0.15) is 27.2 Å². The second-order valence-corrected chi connectivity index (χ2v) is 8.59. The molecule has 0 aliphatic heterocycles. The predicted octanol–water partition coefficient (Wildman–Crippen LogP) is 6.38. The van der Waals surface area contributed by atoms with Gasteiger partial charge in [0.2, 0.25) is 12.3 Å². The van der Waals surface area contributed by atoms with Crippen LogP contribution in [0, 0.1) is 17.0 Å². The minimum atomic E-state index is -0.633. The summed E-state index contributed by atoms with van der Waals surface area (Å²) in [5.41, 5.74) is 1.45. The molecule has 1 saturated carbocycles. The minimum absolute atomic E-state index is 0. The largest absolute Gasteiger partial charge is 0.452 e. The van der Waals surface area contributed by atoms with Gasteiger partial charge in [0.15, 0.2) is 28.5 Å². The molecule has 2 amide bonds. The van der Waals surface area contributed by atoms with Crippen molar-refractivity contribution in [3.8, 4) is 11.5 Å². The first kappa shape index (κ1) is 27.4. The van der Waals surface area contributed by atoms with E-state index in [9.17, 15) is 18.4 Å². The van der Waals surface area contributed by atoms with Crippen LogP contribution in [0.2, 0.25) is 5.15 Å². The molecule has 8 nitrogen and oxygen atoms in total. The fraction of sp³-hybridized carbons (Fsp3) is 0.192. The molecule has 4 aromatic rings. The number of pyridine rings is 1. The molecule has 0 saturated heterocycles. The zero-order valence-electron chi connectivity index (χ0n) is 19.0. The highest BCUT2D eigenvalue weighted by atomic mass is 35.5. The molecule has 5 rings (SSSR count). The number of rotatable bonds is 6. The van der Waals surface area contributed by atoms with E-state index in [2.05, 4.69) is 25.6 Å². The van der Waals surface area contributed by atoms with Crippen LogP contribution >= 0.6 is 11.6 Å². The van der Waals surface area contributed by atoms with Gasteiger partial charge in [0.1, 0.15) is 11.0 Å². The molecule has 37 heavy (non-hydrogen) atoms. The van der Waals surface area contributed by atoms with Crippen LogP contribution in [0.25, 0.3) is 11.2 Å². The van der Waals surface area contributed by atoms with Crippen LogP contribution in [0.4, 0.5) is 20.2 Å². The summed E-state index contributed by atoms with van der Waals surface area (Å²) in [6.07, 6.45) is 5.19. The van der Waals surface area contributed by atoms with Crippen molar-refractivity contribution in [1.82, 2.24) is 15.0 Å². The van der Waals surface area contributed by atoms with Crippen molar-refractivity contribution in [2.75, 3.05) is 10.6 Å². The summed E-state index contributed by atoms with van der Waals surface area (Å²) >= 11 is 5.81. The van der Waals surface area contributed by atoms with Gasteiger partial charge in [-0.15, -0.1) is 0 Å². The van der Waals surface area contributed by atoms with E-state index in [4.69, 9.17) is 16.3 Å². The molecule has 0 spiro atoms. The number of ether oxygens (including phenoxy) is 1. The first-order valence-electron chi connectivity index (χ1n) is 10.8. The summed E-state index contributed by atoms with van der Waals surface area (Å²) in [6, 6.07) is 11.4. The molecular formula is C26H24ClF2N5O3. The van der Waals surface area contributed by atoms with Gasteiger partial charge in [0, 0.05) is 35.1 Å². The van der Waals surface area contributed by atoms with Crippen molar-refractivity contribution < 1.29 is 23.1 Å². The molecule has 1 aliphatic carbocycles. The molecule has 0 radical (unpaired) electrons. The summed E-state index contributed by atoms with van der Waals surface area (Å²) in [7, 11) is 0. The highest BCUT2D eigenvalue weighted by molar-refractivity contribution is 6.29. The quantitative estimate of drug-likeness (QED) is 0.282. The highest BCUT2D eigenvalue weighted by Gasteiger charge is 2.44. The van der Waals surface area contributed by atoms with Gasteiger partial charge in [-0.3, -0.25) is 9.59 Å². The number of halogens is 3. The van der Waals surface area contributed by atoms with E-state index in [-0.39, 0.29) is 41.2 Å². The van der Waals surface area contributed by atoms with Gasteiger partial charge in [0.25, 0.3) is 0 Å². The van der Waals surface area contributed by atoms with Crippen molar-refractivity contribution in [2.24, 2.45) is 5.41 Å². The molecule has 2 N–H and O–H groups in total. The maximum Gasteiger partial charge on any atom is 0.230 e. The number of aromatic nitrogens is 3. The Morgan fingerprint density at radius 2 is 1.76 bits per heavy atom. The van der Waals surface area contributed by atoms with E-state index in [0.29, 0.717) is 28.9 Å². The molecule has 192 valence electrons. The van der Waals surface area contributed by atoms with E-state index >= 15 is 0 Å². The number of hydrogen-bond donors (Lipinski definition) is 2. The normalized spacial score (nSPS) is 12.9. The summed E-state index contributed by atoms with van der Waals surface area (Å²) in [5, 5.41) is 5.29. The molecule has 2 heterocycles. The van der Waals surface area contributed by atoms with Gasteiger partial charge in [0.05, 0.1) is 6.20 Å². The third-order valence-corrected chi connectivity index (χ3v) is 5.59. The summed E-state index contributed by atoms with van der Waals surface area (Å²) in [6.45, 7) is 1.94. The Balaban J connectivity index is 0.000000220. The lowest BCUT2D eigenvalue weighted by molar-refractivity contribution is -0.120. The number of nitrogens with zero attached hydrogens (tertiary/aromatic N) is 3. The van der Waals surface area contributed by atoms with E-state index < -0.39 is 5.82 Å². The molecule has 0 unspecified atom stereocenters. The Bertz CT molecular complexity index is 1420. The van der Waals surface area contributed by atoms with Crippen LogP contribution in [0.5, 0.6) is 11.5 Å². The number of carbonyl (C=O) groups excluding carboxylic acids is 2. The molecule has 1 aliphatic rings. The zero-order chi connectivity index (χ0) is 25.7. The SMILES string of the molecule is C.CC1(C(=O)Nc2ccc(F)cc2)CC1.O=CNc1ccc(Oc2ccnc3ncc(Cl)nc23)c(F)c1. The van der Waals surface area contributed by atoms with Crippen LogP contribution in [-0.4, -0.2) is 27.3 Å². The van der Waals surface area contributed by atoms with Crippen LogP contribution in [0.3, 0.4) is 0 Å². The van der Waals surface area contributed by atoms with Gasteiger partial charge < -0.3 is 15.4 Å². The molecule has 2 aromatic carbocycles. The molecular weight excluding hydrogens is 504 g/mol. The van der Waals surface area contributed by atoms with Gasteiger partial charge in [-0.1, -0.05) is 26.0 Å². The molecule has 11 heteroatoms. The fourth-order valence-electron chi connectivity index (χ4n) is 3.05. The molecule has 0 bridgehead atoms. The number of nitrogens with one attached hydrogen (secondary N) is 2. The van der Waals surface area contributed by atoms with Crippen molar-refractivity contribution in [2.45, 2.75) is 27.2 Å². The molecule has 2 aromatic heterocycles. The van der Waals surface area contributed by atoms with Gasteiger partial charge in [-0.05, 0) is 49.2 Å². The number of benzene rings is 2. The van der Waals surface area contributed by atoms with Gasteiger partial charge in [-0.25, -0.2) is 23.7 Å². The van der Waals surface area contributed by atoms with Crippen LogP contribution in [-0.2, 0) is 9.59 Å². The van der Waals surface area contributed by atoms with E-state index in [1.165, 1.54) is 42.7 Å². The summed E-state index contributed by atoms with van der Waals surface area (Å²) in [4.78, 5) is 34.0. The smallest absolute Gasteiger partial charge is 0.230 e. The third kappa shape index (κ3) is 6.95. The number of anilines is 2. The van der Waals surface area contributed by atoms with E-state index in [0.717, 1.165) is 18.9 Å². The number of amides is 2. The maximum atomic E-state index is 14.0. The lowest BCUT2D eigenvalue weighted by Gasteiger charge is -2.09. The standard InChI is InChI=1S/C14H8ClFN4O2.C11H12FNO.CH4/c15-12-6-18-14-13(20-12)11(3-4-17-14)22-10-2-1-8(19-7-21)5-9(10)16;1-11(6-7-11)10(14)13-9-4-2-8(12)3-5-9;/h1-7H,(H,19,21);2-5H,6-7H2,1H3,(H,13,14);1H4. The van der Waals surface area contributed by atoms with Gasteiger partial charge >= 0.3 is 0 Å².